The summed E-state index contributed by atoms with van der Waals surface area (Å²) in [5, 5.41) is 2.46. The van der Waals surface area contributed by atoms with E-state index in [1.54, 1.807) is 14.1 Å². The Morgan fingerprint density at radius 3 is 2.22 bits per heavy atom. The van der Waals surface area contributed by atoms with Crippen LogP contribution in [0.1, 0.15) is 26.3 Å². The highest BCUT2D eigenvalue weighted by atomic mass is 19.1. The molecule has 100 valence electrons. The van der Waals surface area contributed by atoms with Gasteiger partial charge in [-0.2, -0.15) is 0 Å². The van der Waals surface area contributed by atoms with E-state index in [1.807, 2.05) is 20.8 Å². The van der Waals surface area contributed by atoms with Gasteiger partial charge >= 0.3 is 6.03 Å². The topological polar surface area (TPSA) is 32.3 Å². The minimum Gasteiger partial charge on any atom is -0.331 e. The number of benzene rings is 1. The minimum atomic E-state index is -0.768. The Hall–Kier alpha value is -1.65. The predicted octanol–water partition coefficient (Wildman–Crippen LogP) is 3.36. The van der Waals surface area contributed by atoms with Crippen LogP contribution < -0.4 is 5.32 Å². The Kier molecular flexibility index (Phi) is 3.94. The van der Waals surface area contributed by atoms with E-state index in [4.69, 9.17) is 0 Å². The molecule has 0 heterocycles. The van der Waals surface area contributed by atoms with E-state index in [0.717, 1.165) is 6.07 Å². The Morgan fingerprint density at radius 1 is 1.22 bits per heavy atom. The highest BCUT2D eigenvalue weighted by Crippen LogP contribution is 2.32. The summed E-state index contributed by atoms with van der Waals surface area (Å²) in [6.07, 6.45) is 0. The lowest BCUT2D eigenvalue weighted by atomic mass is 9.85. The van der Waals surface area contributed by atoms with Gasteiger partial charge in [-0.25, -0.2) is 13.6 Å². The summed E-state index contributed by atoms with van der Waals surface area (Å²) >= 11 is 0. The summed E-state index contributed by atoms with van der Waals surface area (Å²) in [5.74, 6) is -1.42. The molecule has 0 saturated heterocycles. The van der Waals surface area contributed by atoms with Crippen molar-refractivity contribution in [3.8, 4) is 0 Å². The fraction of sp³-hybridized carbons (Fsp3) is 0.462. The summed E-state index contributed by atoms with van der Waals surface area (Å²) in [4.78, 5) is 12.9. The number of carbonyl (C=O) groups is 1. The molecule has 0 unspecified atom stereocenters. The maximum absolute atomic E-state index is 13.8. The van der Waals surface area contributed by atoms with Crippen LogP contribution in [0.4, 0.5) is 19.3 Å². The third kappa shape index (κ3) is 3.18. The van der Waals surface area contributed by atoms with Crippen LogP contribution in [0.15, 0.2) is 12.1 Å². The molecule has 1 rings (SSSR count). The monoisotopic (exact) mass is 256 g/mol. The Labute approximate surface area is 106 Å². The second-order valence-electron chi connectivity index (χ2n) is 5.38. The third-order valence-corrected chi connectivity index (χ3v) is 2.50. The van der Waals surface area contributed by atoms with Crippen molar-refractivity contribution in [2.45, 2.75) is 26.2 Å². The van der Waals surface area contributed by atoms with E-state index < -0.39 is 23.1 Å². The molecule has 0 saturated carbocycles. The molecule has 2 amide bonds. The molecule has 0 aliphatic carbocycles. The minimum absolute atomic E-state index is 0.0302. The zero-order chi connectivity index (χ0) is 14.1. The molecule has 5 heteroatoms. The van der Waals surface area contributed by atoms with Crippen LogP contribution in [0.3, 0.4) is 0 Å². The number of nitrogens with one attached hydrogen (secondary N) is 1. The highest BCUT2D eigenvalue weighted by Gasteiger charge is 2.23. The van der Waals surface area contributed by atoms with E-state index >= 15 is 0 Å². The number of hydrogen-bond donors (Lipinski definition) is 1. The molecular weight excluding hydrogens is 238 g/mol. The first-order valence-corrected chi connectivity index (χ1v) is 5.60. The summed E-state index contributed by atoms with van der Waals surface area (Å²) in [6, 6.07) is 1.56. The largest absolute Gasteiger partial charge is 0.331 e. The second kappa shape index (κ2) is 4.92. The Bertz CT molecular complexity index is 465. The molecule has 18 heavy (non-hydrogen) atoms. The van der Waals surface area contributed by atoms with Crippen LogP contribution in [0.2, 0.25) is 0 Å². The standard InChI is InChI=1S/C13H18F2N2O/c1-13(2,3)9-6-8(14)7-10(15)11(9)16-12(18)17(4)5/h6-7H,1-5H3,(H,16,18). The van der Waals surface area contributed by atoms with E-state index in [1.165, 1.54) is 11.0 Å². The van der Waals surface area contributed by atoms with Crippen molar-refractivity contribution in [1.29, 1.82) is 0 Å². The van der Waals surface area contributed by atoms with Crippen molar-refractivity contribution in [3.05, 3.63) is 29.3 Å². The maximum atomic E-state index is 13.8. The number of urea groups is 1. The lowest BCUT2D eigenvalue weighted by molar-refractivity contribution is 0.230. The number of nitrogens with zero attached hydrogens (tertiary/aromatic N) is 1. The zero-order valence-corrected chi connectivity index (χ0v) is 11.3. The van der Waals surface area contributed by atoms with E-state index in [-0.39, 0.29) is 5.69 Å². The molecule has 1 aromatic carbocycles. The van der Waals surface area contributed by atoms with E-state index in [2.05, 4.69) is 5.32 Å². The first-order chi connectivity index (χ1) is 8.12. The molecule has 0 bridgehead atoms. The van der Waals surface area contributed by atoms with Crippen molar-refractivity contribution >= 4 is 11.7 Å². The maximum Gasteiger partial charge on any atom is 0.321 e. The SMILES string of the molecule is CN(C)C(=O)Nc1c(F)cc(F)cc1C(C)(C)C. The van der Waals surface area contributed by atoms with Crippen LogP contribution in [0.5, 0.6) is 0 Å². The quantitative estimate of drug-likeness (QED) is 0.821. The average molecular weight is 256 g/mol. The summed E-state index contributed by atoms with van der Waals surface area (Å²) in [6.45, 7) is 5.48. The van der Waals surface area contributed by atoms with Gasteiger partial charge in [0.05, 0.1) is 5.69 Å². The third-order valence-electron chi connectivity index (χ3n) is 2.50. The molecule has 1 N–H and O–H groups in total. The molecule has 0 fully saturated rings. The van der Waals surface area contributed by atoms with Crippen molar-refractivity contribution in [1.82, 2.24) is 4.90 Å². The van der Waals surface area contributed by atoms with Gasteiger partial charge in [0.25, 0.3) is 0 Å². The van der Waals surface area contributed by atoms with Gasteiger partial charge in [-0.15, -0.1) is 0 Å². The number of carbonyl (C=O) groups excluding carboxylic acids is 1. The first kappa shape index (κ1) is 14.4. The Morgan fingerprint density at radius 2 is 1.78 bits per heavy atom. The summed E-state index contributed by atoms with van der Waals surface area (Å²) in [7, 11) is 3.10. The fourth-order valence-corrected chi connectivity index (χ4v) is 1.51. The molecule has 0 aliphatic rings. The molecule has 0 atom stereocenters. The Balaban J connectivity index is 3.29. The lowest BCUT2D eigenvalue weighted by Crippen LogP contribution is -2.29. The molecule has 3 nitrogen and oxygen atoms in total. The summed E-state index contributed by atoms with van der Waals surface area (Å²) in [5.41, 5.74) is -0.0180. The number of rotatable bonds is 1. The van der Waals surface area contributed by atoms with Gasteiger partial charge in [0, 0.05) is 20.2 Å². The number of anilines is 1. The van der Waals surface area contributed by atoms with Crippen molar-refractivity contribution < 1.29 is 13.6 Å². The molecular formula is C13H18F2N2O. The van der Waals surface area contributed by atoms with Crippen LogP contribution in [-0.4, -0.2) is 25.0 Å². The van der Waals surface area contributed by atoms with Gasteiger partial charge in [0.2, 0.25) is 0 Å². The normalized spacial score (nSPS) is 11.3. The van der Waals surface area contributed by atoms with Crippen molar-refractivity contribution in [2.75, 3.05) is 19.4 Å². The number of amides is 2. The second-order valence-corrected chi connectivity index (χ2v) is 5.38. The lowest BCUT2D eigenvalue weighted by Gasteiger charge is -2.24. The van der Waals surface area contributed by atoms with Crippen molar-refractivity contribution in [2.24, 2.45) is 0 Å². The zero-order valence-electron chi connectivity index (χ0n) is 11.3. The fourth-order valence-electron chi connectivity index (χ4n) is 1.51. The van der Waals surface area contributed by atoms with Crippen molar-refractivity contribution in [3.63, 3.8) is 0 Å². The smallest absolute Gasteiger partial charge is 0.321 e. The molecule has 0 radical (unpaired) electrons. The molecule has 1 aromatic rings. The average Bonchev–Trinajstić information content (AvgIpc) is 2.19. The van der Waals surface area contributed by atoms with E-state index in [9.17, 15) is 13.6 Å². The highest BCUT2D eigenvalue weighted by molar-refractivity contribution is 5.90. The predicted molar refractivity (Wildman–Crippen MR) is 67.8 cm³/mol. The molecule has 0 aromatic heterocycles. The van der Waals surface area contributed by atoms with Gasteiger partial charge in [-0.1, -0.05) is 20.8 Å². The van der Waals surface area contributed by atoms with Crippen LogP contribution in [0, 0.1) is 11.6 Å². The molecule has 0 aliphatic heterocycles. The van der Waals surface area contributed by atoms with Crippen LogP contribution in [-0.2, 0) is 5.41 Å². The number of halogens is 2. The number of hydrogen-bond acceptors (Lipinski definition) is 1. The van der Waals surface area contributed by atoms with Crippen LogP contribution >= 0.6 is 0 Å². The van der Waals surface area contributed by atoms with Gasteiger partial charge in [0.1, 0.15) is 11.6 Å². The van der Waals surface area contributed by atoms with E-state index in [0.29, 0.717) is 5.56 Å². The first-order valence-electron chi connectivity index (χ1n) is 5.60. The van der Waals surface area contributed by atoms with Crippen LogP contribution in [0.25, 0.3) is 0 Å². The van der Waals surface area contributed by atoms with Gasteiger partial charge in [-0.05, 0) is 17.0 Å². The summed E-state index contributed by atoms with van der Waals surface area (Å²) < 4.78 is 27.1. The van der Waals surface area contributed by atoms with Gasteiger partial charge in [-0.3, -0.25) is 0 Å². The van der Waals surface area contributed by atoms with Gasteiger partial charge < -0.3 is 10.2 Å². The van der Waals surface area contributed by atoms with Gasteiger partial charge in [0.15, 0.2) is 0 Å². The molecule has 0 spiro atoms.